The Morgan fingerprint density at radius 3 is 2.88 bits per heavy atom. The summed E-state index contributed by atoms with van der Waals surface area (Å²) in [5, 5.41) is 18.0. The molecule has 1 aromatic carbocycles. The van der Waals surface area contributed by atoms with Gasteiger partial charge in [-0.15, -0.1) is 0 Å². The molecule has 2 atom stereocenters. The molecule has 1 aliphatic carbocycles. The number of aromatic hydroxyl groups is 1. The van der Waals surface area contributed by atoms with Crippen LogP contribution in [0, 0.1) is 0 Å². The highest BCUT2D eigenvalue weighted by molar-refractivity contribution is 6.32. The van der Waals surface area contributed by atoms with Crippen molar-refractivity contribution in [3.63, 3.8) is 0 Å². The van der Waals surface area contributed by atoms with Crippen LogP contribution >= 0.6 is 23.2 Å². The van der Waals surface area contributed by atoms with Crippen molar-refractivity contribution < 1.29 is 14.9 Å². The first-order chi connectivity index (χ1) is 7.96. The minimum Gasteiger partial charge on any atom is -0.506 e. The molecule has 88 valence electrons. The summed E-state index contributed by atoms with van der Waals surface area (Å²) in [7, 11) is 0. The van der Waals surface area contributed by atoms with Crippen LogP contribution < -0.4 is 4.74 Å². The fraction of sp³-hybridized carbons (Fsp3) is 0.167. The average molecular weight is 271 g/mol. The van der Waals surface area contributed by atoms with Crippen LogP contribution in [0.4, 0.5) is 0 Å². The fourth-order valence-electron chi connectivity index (χ4n) is 2.01. The van der Waals surface area contributed by atoms with E-state index >= 15 is 0 Å². The number of hydrogen-bond donors (Lipinski definition) is 2. The number of hydrogen-bond acceptors (Lipinski definition) is 3. The summed E-state index contributed by atoms with van der Waals surface area (Å²) in [6, 6.07) is 3.06. The van der Waals surface area contributed by atoms with E-state index in [0.29, 0.717) is 5.75 Å². The van der Waals surface area contributed by atoms with E-state index in [1.54, 1.807) is 12.1 Å². The third kappa shape index (κ3) is 1.71. The zero-order valence-electron chi connectivity index (χ0n) is 8.52. The molecule has 0 saturated heterocycles. The van der Waals surface area contributed by atoms with Gasteiger partial charge in [-0.2, -0.15) is 0 Å². The van der Waals surface area contributed by atoms with Crippen molar-refractivity contribution >= 4 is 28.8 Å². The van der Waals surface area contributed by atoms with E-state index in [2.05, 4.69) is 0 Å². The van der Waals surface area contributed by atoms with Gasteiger partial charge in [-0.25, -0.2) is 0 Å². The molecular formula is C12H8Cl2O3. The van der Waals surface area contributed by atoms with Crippen molar-refractivity contribution in [2.75, 3.05) is 0 Å². The van der Waals surface area contributed by atoms with Crippen LogP contribution in [0.2, 0.25) is 5.02 Å². The second kappa shape index (κ2) is 3.42. The zero-order valence-corrected chi connectivity index (χ0v) is 10.0. The lowest BCUT2D eigenvalue weighted by Crippen LogP contribution is -2.22. The first kappa shape index (κ1) is 11.0. The van der Waals surface area contributed by atoms with Crippen molar-refractivity contribution in [2.45, 2.75) is 11.2 Å². The van der Waals surface area contributed by atoms with Gasteiger partial charge in [-0.05, 0) is 24.3 Å². The second-order valence-electron chi connectivity index (χ2n) is 4.02. The van der Waals surface area contributed by atoms with Crippen LogP contribution in [-0.2, 0) is 0 Å². The normalized spacial score (nSPS) is 29.4. The van der Waals surface area contributed by atoms with Gasteiger partial charge in [0.1, 0.15) is 17.6 Å². The predicted molar refractivity (Wildman–Crippen MR) is 65.5 cm³/mol. The van der Waals surface area contributed by atoms with Crippen molar-refractivity contribution in [3.05, 3.63) is 40.9 Å². The van der Waals surface area contributed by atoms with Gasteiger partial charge in [-0.3, -0.25) is 0 Å². The molecule has 2 unspecified atom stereocenters. The smallest absolute Gasteiger partial charge is 0.177 e. The Morgan fingerprint density at radius 2 is 2.12 bits per heavy atom. The van der Waals surface area contributed by atoms with Gasteiger partial charge in [0.2, 0.25) is 0 Å². The maximum atomic E-state index is 9.74. The Hall–Kier alpha value is -1.16. The molecule has 0 amide bonds. The van der Waals surface area contributed by atoms with E-state index in [4.69, 9.17) is 27.9 Å². The second-order valence-corrected chi connectivity index (χ2v) is 5.04. The van der Waals surface area contributed by atoms with Gasteiger partial charge in [0.05, 0.1) is 5.02 Å². The summed E-state index contributed by atoms with van der Waals surface area (Å²) >= 11 is 11.7. The molecule has 1 heterocycles. The maximum absolute atomic E-state index is 9.74. The molecule has 0 radical (unpaired) electrons. The molecule has 0 aromatic heterocycles. The minimum absolute atomic E-state index is 0.0326. The van der Waals surface area contributed by atoms with Gasteiger partial charge < -0.3 is 14.9 Å². The van der Waals surface area contributed by atoms with Crippen molar-refractivity contribution in [1.29, 1.82) is 0 Å². The van der Waals surface area contributed by atoms with Crippen LogP contribution in [-0.4, -0.2) is 21.4 Å². The number of ether oxygens (including phenoxy) is 1. The summed E-state index contributed by atoms with van der Waals surface area (Å²) < 4.78 is 5.60. The van der Waals surface area contributed by atoms with Crippen LogP contribution in [0.5, 0.6) is 11.5 Å². The average Bonchev–Trinajstić information content (AvgIpc) is 2.56. The highest BCUT2D eigenvalue weighted by atomic mass is 35.5. The molecule has 1 aromatic rings. The third-order valence-corrected chi connectivity index (χ3v) is 3.32. The molecule has 0 saturated carbocycles. The first-order valence-corrected chi connectivity index (χ1v) is 5.75. The standard InChI is InChI=1S/C12H8Cl2O3/c13-8-3-6-7-5-12(14,16)2-1-10(7)17-11(6)4-9(8)15/h1-5,10,15-16H. The summed E-state index contributed by atoms with van der Waals surface area (Å²) in [6.45, 7) is 0. The predicted octanol–water partition coefficient (Wildman–Crippen LogP) is 2.69. The van der Waals surface area contributed by atoms with E-state index in [1.807, 2.05) is 0 Å². The van der Waals surface area contributed by atoms with Crippen LogP contribution in [0.3, 0.4) is 0 Å². The highest BCUT2D eigenvalue weighted by Crippen LogP contribution is 2.45. The number of phenols is 1. The van der Waals surface area contributed by atoms with Gasteiger partial charge >= 0.3 is 0 Å². The van der Waals surface area contributed by atoms with Crippen LogP contribution in [0.1, 0.15) is 5.56 Å². The van der Waals surface area contributed by atoms with Gasteiger partial charge in [0.25, 0.3) is 0 Å². The molecule has 3 nitrogen and oxygen atoms in total. The van der Waals surface area contributed by atoms with Crippen molar-refractivity contribution in [2.24, 2.45) is 0 Å². The Morgan fingerprint density at radius 1 is 1.35 bits per heavy atom. The molecule has 3 rings (SSSR count). The van der Waals surface area contributed by atoms with Gasteiger partial charge in [0.15, 0.2) is 5.06 Å². The number of alkyl halides is 1. The summed E-state index contributed by atoms with van der Waals surface area (Å²) in [5.41, 5.74) is 1.49. The summed E-state index contributed by atoms with van der Waals surface area (Å²) in [5.74, 6) is 0.497. The molecule has 5 heteroatoms. The SMILES string of the molecule is Oc1cc2c(cc1Cl)C1=CC(O)(Cl)C=CC1O2. The lowest BCUT2D eigenvalue weighted by atomic mass is 9.96. The van der Waals surface area contributed by atoms with Crippen molar-refractivity contribution in [1.82, 2.24) is 0 Å². The van der Waals surface area contributed by atoms with E-state index in [9.17, 15) is 10.2 Å². The Bertz CT molecular complexity index is 561. The quantitative estimate of drug-likeness (QED) is 0.563. The minimum atomic E-state index is -1.50. The van der Waals surface area contributed by atoms with Gasteiger partial charge in [-0.1, -0.05) is 23.2 Å². The molecule has 2 N–H and O–H groups in total. The molecule has 17 heavy (non-hydrogen) atoms. The lowest BCUT2D eigenvalue weighted by molar-refractivity contribution is 0.223. The van der Waals surface area contributed by atoms with Gasteiger partial charge in [0, 0.05) is 17.2 Å². The maximum Gasteiger partial charge on any atom is 0.177 e. The lowest BCUT2D eigenvalue weighted by Gasteiger charge is -2.20. The van der Waals surface area contributed by atoms with Crippen LogP contribution in [0.15, 0.2) is 30.4 Å². The Labute approximate surface area is 108 Å². The fourth-order valence-corrected chi connectivity index (χ4v) is 2.36. The van der Waals surface area contributed by atoms with E-state index in [0.717, 1.165) is 11.1 Å². The topological polar surface area (TPSA) is 49.7 Å². The Kier molecular flexibility index (Phi) is 2.20. The first-order valence-electron chi connectivity index (χ1n) is 4.99. The third-order valence-electron chi connectivity index (χ3n) is 2.78. The number of fused-ring (bicyclic) bond motifs is 3. The van der Waals surface area contributed by atoms with Crippen molar-refractivity contribution in [3.8, 4) is 11.5 Å². The summed E-state index contributed by atoms with van der Waals surface area (Å²) in [4.78, 5) is 0. The zero-order chi connectivity index (χ0) is 12.2. The van der Waals surface area contributed by atoms with Crippen LogP contribution in [0.25, 0.3) is 5.57 Å². The van der Waals surface area contributed by atoms with E-state index < -0.39 is 5.06 Å². The number of rotatable bonds is 0. The van der Waals surface area contributed by atoms with E-state index in [1.165, 1.54) is 18.2 Å². The molecule has 2 aliphatic rings. The van der Waals surface area contributed by atoms with E-state index in [-0.39, 0.29) is 16.9 Å². The number of halogens is 2. The number of aliphatic hydroxyl groups is 1. The molecule has 1 aliphatic heterocycles. The molecular weight excluding hydrogens is 263 g/mol. The molecule has 0 fully saturated rings. The monoisotopic (exact) mass is 270 g/mol. The highest BCUT2D eigenvalue weighted by Gasteiger charge is 2.34. The summed E-state index contributed by atoms with van der Waals surface area (Å²) in [6.07, 6.45) is 4.35. The number of benzene rings is 1. The largest absolute Gasteiger partial charge is 0.506 e. The molecule has 0 bridgehead atoms. The number of phenolic OH excluding ortho intramolecular Hbond substituents is 1. The Balaban J connectivity index is 2.16. The molecule has 0 spiro atoms.